The van der Waals surface area contributed by atoms with Crippen molar-refractivity contribution in [1.29, 1.82) is 0 Å². The molecular formula is C14H19NO6. The molecule has 2 atom stereocenters. The lowest BCUT2D eigenvalue weighted by atomic mass is 10.1. The fourth-order valence-electron chi connectivity index (χ4n) is 1.64. The van der Waals surface area contributed by atoms with E-state index in [0.29, 0.717) is 0 Å². The highest BCUT2D eigenvalue weighted by atomic mass is 16.5. The molecule has 0 spiro atoms. The summed E-state index contributed by atoms with van der Waals surface area (Å²) in [7, 11) is 0. The van der Waals surface area contributed by atoms with Crippen LogP contribution >= 0.6 is 0 Å². The van der Waals surface area contributed by atoms with Crippen LogP contribution in [0.3, 0.4) is 0 Å². The van der Waals surface area contributed by atoms with Crippen LogP contribution in [0.2, 0.25) is 0 Å². The number of aliphatic hydroxyl groups excluding tert-OH is 2. The number of carbonyl (C=O) groups excluding carboxylic acids is 2. The van der Waals surface area contributed by atoms with E-state index in [9.17, 15) is 14.7 Å². The van der Waals surface area contributed by atoms with Crippen LogP contribution in [0.4, 0.5) is 0 Å². The molecule has 1 amide bonds. The molecule has 1 aromatic rings. The summed E-state index contributed by atoms with van der Waals surface area (Å²) >= 11 is 0. The summed E-state index contributed by atoms with van der Waals surface area (Å²) < 4.78 is 4.84. The van der Waals surface area contributed by atoms with Crippen molar-refractivity contribution in [3.63, 3.8) is 0 Å². The lowest BCUT2D eigenvalue weighted by Crippen LogP contribution is -2.43. The number of phenolic OH excluding ortho intramolecular Hbond substituents is 1. The minimum absolute atomic E-state index is 0.100. The van der Waals surface area contributed by atoms with Crippen LogP contribution in [0.25, 0.3) is 0 Å². The highest BCUT2D eigenvalue weighted by Gasteiger charge is 2.22. The first-order valence-electron chi connectivity index (χ1n) is 6.43. The first kappa shape index (κ1) is 16.9. The second-order valence-corrected chi connectivity index (χ2v) is 4.59. The minimum Gasteiger partial charge on any atom is -0.508 e. The van der Waals surface area contributed by atoms with Gasteiger partial charge in [0.1, 0.15) is 24.5 Å². The van der Waals surface area contributed by atoms with Crippen molar-refractivity contribution in [2.45, 2.75) is 25.5 Å². The van der Waals surface area contributed by atoms with Crippen LogP contribution in [0.15, 0.2) is 24.3 Å². The van der Waals surface area contributed by atoms with Crippen molar-refractivity contribution in [2.75, 3.05) is 13.2 Å². The summed E-state index contributed by atoms with van der Waals surface area (Å²) in [5.74, 6) is -0.993. The molecule has 0 unspecified atom stereocenters. The molecule has 0 saturated carbocycles. The quantitative estimate of drug-likeness (QED) is 0.496. The van der Waals surface area contributed by atoms with E-state index in [4.69, 9.17) is 14.9 Å². The third-order valence-electron chi connectivity index (χ3n) is 2.67. The largest absolute Gasteiger partial charge is 0.508 e. The number of rotatable bonds is 7. The van der Waals surface area contributed by atoms with Gasteiger partial charge in [0.2, 0.25) is 5.91 Å². The molecule has 116 valence electrons. The fourth-order valence-corrected chi connectivity index (χ4v) is 1.64. The van der Waals surface area contributed by atoms with Crippen LogP contribution in [0.5, 0.6) is 5.75 Å². The number of hydrogen-bond donors (Lipinski definition) is 4. The van der Waals surface area contributed by atoms with Gasteiger partial charge in [-0.3, -0.25) is 4.79 Å². The van der Waals surface area contributed by atoms with E-state index in [2.05, 4.69) is 5.32 Å². The second kappa shape index (κ2) is 8.23. The van der Waals surface area contributed by atoms with E-state index in [1.165, 1.54) is 19.1 Å². The van der Waals surface area contributed by atoms with Gasteiger partial charge >= 0.3 is 5.97 Å². The van der Waals surface area contributed by atoms with Crippen LogP contribution in [0.1, 0.15) is 12.5 Å². The Morgan fingerprint density at radius 1 is 1.29 bits per heavy atom. The molecule has 0 aromatic heterocycles. The average Bonchev–Trinajstić information content (AvgIpc) is 2.45. The summed E-state index contributed by atoms with van der Waals surface area (Å²) in [4.78, 5) is 23.0. The van der Waals surface area contributed by atoms with Gasteiger partial charge in [-0.25, -0.2) is 4.79 Å². The summed E-state index contributed by atoms with van der Waals surface area (Å²) in [6.45, 7) is 0.413. The van der Waals surface area contributed by atoms with Crippen molar-refractivity contribution < 1.29 is 29.6 Å². The molecule has 0 saturated heterocycles. The number of hydrogen-bond acceptors (Lipinski definition) is 6. The number of benzene rings is 1. The summed E-state index contributed by atoms with van der Waals surface area (Å²) in [5, 5.41) is 29.5. The monoisotopic (exact) mass is 297 g/mol. The van der Waals surface area contributed by atoms with Crippen molar-refractivity contribution in [2.24, 2.45) is 0 Å². The van der Waals surface area contributed by atoms with Crippen molar-refractivity contribution in [3.05, 3.63) is 29.8 Å². The van der Waals surface area contributed by atoms with E-state index < -0.39 is 30.6 Å². The predicted octanol–water partition coefficient (Wildman–Crippen LogP) is -0.664. The number of aliphatic hydroxyl groups is 2. The zero-order valence-corrected chi connectivity index (χ0v) is 11.7. The maximum Gasteiger partial charge on any atom is 0.329 e. The number of ether oxygens (including phenoxy) is 1. The maximum absolute atomic E-state index is 11.9. The molecule has 0 bridgehead atoms. The summed E-state index contributed by atoms with van der Waals surface area (Å²) in [6.07, 6.45) is -0.964. The van der Waals surface area contributed by atoms with E-state index in [1.807, 2.05) is 0 Å². The minimum atomic E-state index is -1.15. The first-order chi connectivity index (χ1) is 9.92. The van der Waals surface area contributed by atoms with Gasteiger partial charge in [0.05, 0.1) is 6.61 Å². The number of phenols is 1. The molecule has 0 aliphatic heterocycles. The topological polar surface area (TPSA) is 116 Å². The third kappa shape index (κ3) is 6.24. The van der Waals surface area contributed by atoms with Crippen molar-refractivity contribution in [3.8, 4) is 5.75 Å². The normalized spacial score (nSPS) is 13.3. The molecule has 1 aromatic carbocycles. The Balaban J connectivity index is 2.68. The maximum atomic E-state index is 11.9. The fraction of sp³-hybridized carbons (Fsp3) is 0.429. The zero-order valence-electron chi connectivity index (χ0n) is 11.7. The Bertz CT molecular complexity index is 473. The van der Waals surface area contributed by atoms with Crippen LogP contribution in [-0.4, -0.2) is 52.6 Å². The molecule has 0 fully saturated rings. The van der Waals surface area contributed by atoms with Gasteiger partial charge in [-0.1, -0.05) is 12.1 Å². The van der Waals surface area contributed by atoms with Gasteiger partial charge in [-0.2, -0.15) is 0 Å². The average molecular weight is 297 g/mol. The molecule has 7 heteroatoms. The SMILES string of the molecule is CC(=O)N[C@@H](Cc1ccc(O)cc1)C(=O)OC[C@H](O)CO. The van der Waals surface area contributed by atoms with Gasteiger partial charge in [-0.15, -0.1) is 0 Å². The summed E-state index contributed by atoms with van der Waals surface area (Å²) in [5.41, 5.74) is 0.728. The smallest absolute Gasteiger partial charge is 0.329 e. The molecular weight excluding hydrogens is 278 g/mol. The predicted molar refractivity (Wildman–Crippen MR) is 73.5 cm³/mol. The Morgan fingerprint density at radius 3 is 2.43 bits per heavy atom. The number of esters is 1. The molecule has 7 nitrogen and oxygen atoms in total. The van der Waals surface area contributed by atoms with E-state index in [1.54, 1.807) is 12.1 Å². The van der Waals surface area contributed by atoms with Crippen LogP contribution in [-0.2, 0) is 20.7 Å². The van der Waals surface area contributed by atoms with E-state index in [0.717, 1.165) is 5.56 Å². The van der Waals surface area contributed by atoms with Gasteiger partial charge in [0, 0.05) is 13.3 Å². The van der Waals surface area contributed by atoms with Crippen molar-refractivity contribution >= 4 is 11.9 Å². The number of aromatic hydroxyl groups is 1. The molecule has 1 rings (SSSR count). The van der Waals surface area contributed by atoms with Gasteiger partial charge in [0.15, 0.2) is 0 Å². The molecule has 0 aliphatic carbocycles. The highest BCUT2D eigenvalue weighted by Crippen LogP contribution is 2.12. The summed E-state index contributed by atoms with van der Waals surface area (Å²) in [6, 6.07) is 5.29. The number of carbonyl (C=O) groups is 2. The standard InChI is InChI=1S/C14H19NO6/c1-9(17)15-13(14(20)21-8-12(19)7-16)6-10-2-4-11(18)5-3-10/h2-5,12-13,16,18-19H,6-8H2,1H3,(H,15,17)/t12-,13+/m1/s1. The Labute approximate surface area is 122 Å². The lowest BCUT2D eigenvalue weighted by molar-refractivity contribution is -0.151. The van der Waals surface area contributed by atoms with Gasteiger partial charge in [-0.05, 0) is 17.7 Å². The molecule has 0 radical (unpaired) electrons. The van der Waals surface area contributed by atoms with E-state index in [-0.39, 0.29) is 18.8 Å². The zero-order chi connectivity index (χ0) is 15.8. The molecule has 4 N–H and O–H groups in total. The first-order valence-corrected chi connectivity index (χ1v) is 6.43. The Morgan fingerprint density at radius 2 is 1.90 bits per heavy atom. The Hall–Kier alpha value is -2.12. The Kier molecular flexibility index (Phi) is 6.64. The molecule has 0 heterocycles. The molecule has 0 aliphatic rings. The molecule has 21 heavy (non-hydrogen) atoms. The number of amides is 1. The lowest BCUT2D eigenvalue weighted by Gasteiger charge is -2.18. The second-order valence-electron chi connectivity index (χ2n) is 4.59. The highest BCUT2D eigenvalue weighted by molar-refractivity contribution is 5.83. The third-order valence-corrected chi connectivity index (χ3v) is 2.67. The van der Waals surface area contributed by atoms with E-state index >= 15 is 0 Å². The van der Waals surface area contributed by atoms with Gasteiger partial charge in [0.25, 0.3) is 0 Å². The van der Waals surface area contributed by atoms with Crippen LogP contribution < -0.4 is 5.32 Å². The van der Waals surface area contributed by atoms with Crippen molar-refractivity contribution in [1.82, 2.24) is 5.32 Å². The van der Waals surface area contributed by atoms with Crippen LogP contribution in [0, 0.1) is 0 Å². The van der Waals surface area contributed by atoms with Gasteiger partial charge < -0.3 is 25.4 Å². The number of nitrogens with one attached hydrogen (secondary N) is 1.